The highest BCUT2D eigenvalue weighted by atomic mass is 79.9. The SMILES string of the molecule is C#CCNS(=O)(=O)c1ccc(OCCC)c(-c2[nH]c3c(c2Br)n(CCC)c(=O)n2cnnc32)c1. The standard InChI is InChI=1S/C22H23BrN6O4S/c1-4-9-25-34(31,32)14-7-8-16(33-11-6-3)15(12-14)18-17(23)20-19(26-18)21-27-24-13-29(21)22(30)28(20)10-5-2/h1,7-8,12-13,25-26H,5-6,9-11H2,2-3H3. The summed E-state index contributed by atoms with van der Waals surface area (Å²) in [5.74, 6) is 2.76. The first-order valence-electron chi connectivity index (χ1n) is 10.7. The number of ether oxygens (including phenoxy) is 1. The molecule has 34 heavy (non-hydrogen) atoms. The van der Waals surface area contributed by atoms with Crippen molar-refractivity contribution in [2.45, 2.75) is 38.1 Å². The molecule has 3 heterocycles. The molecule has 1 aromatic carbocycles. The summed E-state index contributed by atoms with van der Waals surface area (Å²) in [6.45, 7) is 4.75. The van der Waals surface area contributed by atoms with Crippen molar-refractivity contribution >= 4 is 42.6 Å². The molecule has 0 amide bonds. The van der Waals surface area contributed by atoms with Crippen LogP contribution in [0.15, 0.2) is 38.7 Å². The van der Waals surface area contributed by atoms with Gasteiger partial charge in [0.25, 0.3) is 0 Å². The van der Waals surface area contributed by atoms with Gasteiger partial charge in [0, 0.05) is 12.1 Å². The second-order valence-corrected chi connectivity index (χ2v) is 10.1. The van der Waals surface area contributed by atoms with E-state index in [9.17, 15) is 13.2 Å². The largest absolute Gasteiger partial charge is 0.493 e. The molecule has 0 spiro atoms. The van der Waals surface area contributed by atoms with E-state index in [1.54, 1.807) is 10.6 Å². The van der Waals surface area contributed by atoms with Crippen molar-refractivity contribution in [3.8, 4) is 29.4 Å². The molecular formula is C22H23BrN6O4S. The topological polar surface area (TPSA) is 123 Å². The van der Waals surface area contributed by atoms with Crippen LogP contribution in [-0.4, -0.2) is 45.7 Å². The van der Waals surface area contributed by atoms with E-state index in [1.807, 2.05) is 13.8 Å². The molecule has 0 unspecified atom stereocenters. The molecule has 4 rings (SSSR count). The normalized spacial score (nSPS) is 11.8. The number of fused-ring (bicyclic) bond motifs is 3. The highest BCUT2D eigenvalue weighted by Crippen LogP contribution is 2.40. The highest BCUT2D eigenvalue weighted by molar-refractivity contribution is 9.10. The number of aryl methyl sites for hydroxylation is 1. The molecule has 12 heteroatoms. The van der Waals surface area contributed by atoms with Crippen molar-refractivity contribution in [1.82, 2.24) is 28.9 Å². The van der Waals surface area contributed by atoms with Gasteiger partial charge in [-0.1, -0.05) is 19.8 Å². The number of H-pyrrole nitrogens is 1. The average Bonchev–Trinajstić information content (AvgIpc) is 3.44. The molecule has 0 atom stereocenters. The number of hydrogen-bond acceptors (Lipinski definition) is 6. The lowest BCUT2D eigenvalue weighted by Gasteiger charge is -2.13. The number of aromatic amines is 1. The number of nitrogens with one attached hydrogen (secondary N) is 2. The summed E-state index contributed by atoms with van der Waals surface area (Å²) in [6, 6.07) is 4.59. The minimum Gasteiger partial charge on any atom is -0.493 e. The van der Waals surface area contributed by atoms with Crippen LogP contribution in [0.25, 0.3) is 27.9 Å². The molecule has 0 aliphatic heterocycles. The molecule has 0 saturated carbocycles. The van der Waals surface area contributed by atoms with Crippen LogP contribution in [0.1, 0.15) is 26.7 Å². The lowest BCUT2D eigenvalue weighted by molar-refractivity contribution is 0.318. The van der Waals surface area contributed by atoms with E-state index >= 15 is 0 Å². The fraction of sp³-hybridized carbons (Fsp3) is 0.318. The average molecular weight is 547 g/mol. The second-order valence-electron chi connectivity index (χ2n) is 7.53. The number of hydrogen-bond donors (Lipinski definition) is 2. The second kappa shape index (κ2) is 9.61. The molecular weight excluding hydrogens is 524 g/mol. The minimum absolute atomic E-state index is 0.0331. The predicted molar refractivity (Wildman–Crippen MR) is 132 cm³/mol. The van der Waals surface area contributed by atoms with Gasteiger partial charge in [0.2, 0.25) is 10.0 Å². The Bertz CT molecular complexity index is 1580. The van der Waals surface area contributed by atoms with Gasteiger partial charge >= 0.3 is 5.69 Å². The summed E-state index contributed by atoms with van der Waals surface area (Å²) in [7, 11) is -3.84. The van der Waals surface area contributed by atoms with Crippen LogP contribution < -0.4 is 15.1 Å². The third-order valence-corrected chi connectivity index (χ3v) is 7.37. The lowest BCUT2D eigenvalue weighted by Crippen LogP contribution is -2.26. The van der Waals surface area contributed by atoms with Crippen molar-refractivity contribution in [2.75, 3.05) is 13.2 Å². The molecule has 0 aliphatic carbocycles. The molecule has 3 aromatic heterocycles. The number of rotatable bonds is 9. The number of terminal acetylenes is 1. The van der Waals surface area contributed by atoms with Gasteiger partial charge in [-0.3, -0.25) is 4.57 Å². The van der Waals surface area contributed by atoms with Crippen molar-refractivity contribution in [3.63, 3.8) is 0 Å². The van der Waals surface area contributed by atoms with Gasteiger partial charge < -0.3 is 9.72 Å². The zero-order chi connectivity index (χ0) is 24.5. The fourth-order valence-electron chi connectivity index (χ4n) is 3.70. The van der Waals surface area contributed by atoms with Crippen LogP contribution in [0, 0.1) is 12.3 Å². The number of aromatic nitrogens is 5. The first-order valence-corrected chi connectivity index (χ1v) is 13.0. The van der Waals surface area contributed by atoms with Crippen LogP contribution >= 0.6 is 15.9 Å². The van der Waals surface area contributed by atoms with Gasteiger partial charge in [0.05, 0.1) is 33.7 Å². The van der Waals surface area contributed by atoms with Crippen molar-refractivity contribution in [1.29, 1.82) is 0 Å². The summed E-state index contributed by atoms with van der Waals surface area (Å²) in [4.78, 5) is 16.4. The van der Waals surface area contributed by atoms with Crippen LogP contribution in [0.5, 0.6) is 5.75 Å². The maximum absolute atomic E-state index is 13.1. The zero-order valence-electron chi connectivity index (χ0n) is 18.6. The molecule has 0 radical (unpaired) electrons. The Kier molecular flexibility index (Phi) is 6.79. The monoisotopic (exact) mass is 546 g/mol. The first-order chi connectivity index (χ1) is 16.3. The molecule has 0 bridgehead atoms. The summed E-state index contributed by atoms with van der Waals surface area (Å²) < 4.78 is 37.4. The molecule has 4 aromatic rings. The zero-order valence-corrected chi connectivity index (χ0v) is 21.0. The van der Waals surface area contributed by atoms with E-state index in [4.69, 9.17) is 11.2 Å². The Morgan fingerprint density at radius 2 is 2.09 bits per heavy atom. The third kappa shape index (κ3) is 4.11. The Balaban J connectivity index is 2.02. The van der Waals surface area contributed by atoms with Gasteiger partial charge in [-0.25, -0.2) is 17.6 Å². The maximum atomic E-state index is 13.1. The Hall–Kier alpha value is -3.14. The molecule has 2 N–H and O–H groups in total. The Morgan fingerprint density at radius 3 is 2.79 bits per heavy atom. The molecule has 10 nitrogen and oxygen atoms in total. The Labute approximate surface area is 204 Å². The Morgan fingerprint density at radius 1 is 1.29 bits per heavy atom. The van der Waals surface area contributed by atoms with Crippen LogP contribution in [-0.2, 0) is 16.6 Å². The van der Waals surface area contributed by atoms with E-state index in [2.05, 4.69) is 41.8 Å². The van der Waals surface area contributed by atoms with Gasteiger partial charge in [-0.05, 0) is 47.0 Å². The van der Waals surface area contributed by atoms with Crippen molar-refractivity contribution in [2.24, 2.45) is 0 Å². The molecule has 0 saturated heterocycles. The number of sulfonamides is 1. The van der Waals surface area contributed by atoms with E-state index in [1.165, 1.54) is 22.9 Å². The van der Waals surface area contributed by atoms with Crippen LogP contribution in [0.3, 0.4) is 0 Å². The van der Waals surface area contributed by atoms with E-state index in [0.717, 1.165) is 12.8 Å². The van der Waals surface area contributed by atoms with Crippen LogP contribution in [0.2, 0.25) is 0 Å². The van der Waals surface area contributed by atoms with Gasteiger partial charge in [0.1, 0.15) is 17.6 Å². The number of nitrogens with zero attached hydrogens (tertiary/aromatic N) is 4. The van der Waals surface area contributed by atoms with Crippen molar-refractivity contribution < 1.29 is 13.2 Å². The first kappa shape index (κ1) is 24.0. The van der Waals surface area contributed by atoms with E-state index in [0.29, 0.717) is 51.3 Å². The predicted octanol–water partition coefficient (Wildman–Crippen LogP) is 2.91. The third-order valence-electron chi connectivity index (χ3n) is 5.20. The van der Waals surface area contributed by atoms with Gasteiger partial charge in [-0.2, -0.15) is 4.72 Å². The molecule has 178 valence electrons. The number of benzene rings is 1. The minimum atomic E-state index is -3.84. The maximum Gasteiger partial charge on any atom is 0.335 e. The quantitative estimate of drug-likeness (QED) is 0.311. The highest BCUT2D eigenvalue weighted by Gasteiger charge is 2.24. The molecule has 0 aliphatic rings. The van der Waals surface area contributed by atoms with Crippen LogP contribution in [0.4, 0.5) is 0 Å². The van der Waals surface area contributed by atoms with E-state index < -0.39 is 10.0 Å². The van der Waals surface area contributed by atoms with Crippen molar-refractivity contribution in [3.05, 3.63) is 39.5 Å². The molecule has 0 fully saturated rings. The summed E-state index contributed by atoms with van der Waals surface area (Å²) in [5, 5.41) is 8.01. The fourth-order valence-corrected chi connectivity index (χ4v) is 5.38. The summed E-state index contributed by atoms with van der Waals surface area (Å²) in [6.07, 6.45) is 8.09. The lowest BCUT2D eigenvalue weighted by atomic mass is 10.1. The summed E-state index contributed by atoms with van der Waals surface area (Å²) in [5.41, 5.74) is 2.37. The smallest absolute Gasteiger partial charge is 0.335 e. The van der Waals surface area contributed by atoms with Gasteiger partial charge in [0.15, 0.2) is 5.65 Å². The van der Waals surface area contributed by atoms with Gasteiger partial charge in [-0.15, -0.1) is 16.6 Å². The number of halogens is 1. The summed E-state index contributed by atoms with van der Waals surface area (Å²) >= 11 is 3.64. The van der Waals surface area contributed by atoms with E-state index in [-0.39, 0.29) is 17.1 Å².